The van der Waals surface area contributed by atoms with Gasteiger partial charge in [-0.3, -0.25) is 4.79 Å². The van der Waals surface area contributed by atoms with E-state index in [9.17, 15) is 9.18 Å². The first-order chi connectivity index (χ1) is 9.50. The van der Waals surface area contributed by atoms with E-state index < -0.39 is 11.9 Å². The summed E-state index contributed by atoms with van der Waals surface area (Å²) in [5.41, 5.74) is 3.31. The maximum atomic E-state index is 13.6. The van der Waals surface area contributed by atoms with Crippen LogP contribution in [0.1, 0.15) is 21.6 Å². The number of rotatable bonds is 3. The van der Waals surface area contributed by atoms with Crippen LogP contribution in [-0.2, 0) is 7.05 Å². The summed E-state index contributed by atoms with van der Waals surface area (Å²) in [6, 6.07) is 6.58. The molecule has 0 aliphatic carbocycles. The maximum absolute atomic E-state index is 13.6. The molecule has 0 aliphatic rings. The van der Waals surface area contributed by atoms with E-state index in [0.29, 0.717) is 16.3 Å². The normalized spacial score (nSPS) is 11.0. The average molecular weight is 295 g/mol. The van der Waals surface area contributed by atoms with Crippen molar-refractivity contribution in [2.45, 2.75) is 6.92 Å². The summed E-state index contributed by atoms with van der Waals surface area (Å²) in [5.74, 6) is -0.980. The molecule has 1 heterocycles. The van der Waals surface area contributed by atoms with Crippen LogP contribution in [0, 0.1) is 12.9 Å². The molecule has 1 aromatic carbocycles. The summed E-state index contributed by atoms with van der Waals surface area (Å²) in [5, 5.41) is 7.94. The molecule has 0 atom stereocenters. The predicted octanol–water partition coefficient (Wildman–Crippen LogP) is 2.28. The number of nitrogens with one attached hydrogen (secondary N) is 1. The first kappa shape index (κ1) is 14.2. The lowest BCUT2D eigenvalue weighted by atomic mass is 10.2. The third-order valence-corrected chi connectivity index (χ3v) is 3.00. The van der Waals surface area contributed by atoms with Gasteiger partial charge in [-0.15, -0.1) is 0 Å². The van der Waals surface area contributed by atoms with E-state index in [1.165, 1.54) is 13.3 Å². The van der Waals surface area contributed by atoms with E-state index in [4.69, 9.17) is 11.6 Å². The Hall–Kier alpha value is -2.21. The SMILES string of the molecule is Cc1nn(C)c(F)c1/C=N/NC(=O)c1ccccc1Cl. The molecule has 0 saturated carbocycles. The number of carbonyl (C=O) groups excluding carboxylic acids is 1. The van der Waals surface area contributed by atoms with E-state index in [1.807, 2.05) is 0 Å². The Morgan fingerprint density at radius 2 is 2.20 bits per heavy atom. The van der Waals surface area contributed by atoms with Crippen molar-refractivity contribution in [1.82, 2.24) is 15.2 Å². The Bertz CT molecular complexity index is 681. The number of hydrazone groups is 1. The van der Waals surface area contributed by atoms with E-state index in [0.717, 1.165) is 4.68 Å². The number of benzene rings is 1. The Balaban J connectivity index is 2.11. The van der Waals surface area contributed by atoms with Crippen LogP contribution in [0.5, 0.6) is 0 Å². The molecule has 1 amide bonds. The van der Waals surface area contributed by atoms with Gasteiger partial charge in [-0.1, -0.05) is 23.7 Å². The van der Waals surface area contributed by atoms with Crippen LogP contribution < -0.4 is 5.43 Å². The van der Waals surface area contributed by atoms with Crippen LogP contribution in [0.2, 0.25) is 5.02 Å². The number of aromatic nitrogens is 2. The van der Waals surface area contributed by atoms with Crippen molar-refractivity contribution in [3.8, 4) is 0 Å². The van der Waals surface area contributed by atoms with Gasteiger partial charge in [0.05, 0.1) is 28.1 Å². The van der Waals surface area contributed by atoms with Crippen molar-refractivity contribution < 1.29 is 9.18 Å². The summed E-state index contributed by atoms with van der Waals surface area (Å²) in [7, 11) is 1.49. The molecule has 2 rings (SSSR count). The minimum Gasteiger partial charge on any atom is -0.267 e. The van der Waals surface area contributed by atoms with Gasteiger partial charge in [-0.2, -0.15) is 14.6 Å². The highest BCUT2D eigenvalue weighted by atomic mass is 35.5. The van der Waals surface area contributed by atoms with E-state index in [-0.39, 0.29) is 5.56 Å². The quantitative estimate of drug-likeness (QED) is 0.697. The van der Waals surface area contributed by atoms with Gasteiger partial charge in [0.25, 0.3) is 5.91 Å². The molecule has 5 nitrogen and oxygen atoms in total. The molecule has 0 unspecified atom stereocenters. The van der Waals surface area contributed by atoms with Crippen LogP contribution in [0.25, 0.3) is 0 Å². The first-order valence-corrected chi connectivity index (χ1v) is 6.15. The lowest BCUT2D eigenvalue weighted by Crippen LogP contribution is -2.18. The molecule has 0 bridgehead atoms. The van der Waals surface area contributed by atoms with Crippen molar-refractivity contribution >= 4 is 23.7 Å². The zero-order valence-electron chi connectivity index (χ0n) is 10.9. The number of hydrogen-bond donors (Lipinski definition) is 1. The van der Waals surface area contributed by atoms with E-state index in [1.54, 1.807) is 31.2 Å². The monoisotopic (exact) mass is 294 g/mol. The van der Waals surface area contributed by atoms with Crippen molar-refractivity contribution in [2.24, 2.45) is 12.1 Å². The molecule has 0 aliphatic heterocycles. The van der Waals surface area contributed by atoms with Crippen molar-refractivity contribution in [2.75, 3.05) is 0 Å². The molecule has 0 fully saturated rings. The fourth-order valence-corrected chi connectivity index (χ4v) is 1.88. The summed E-state index contributed by atoms with van der Waals surface area (Å²) in [6.07, 6.45) is 1.21. The van der Waals surface area contributed by atoms with E-state index in [2.05, 4.69) is 15.6 Å². The molecule has 0 saturated heterocycles. The topological polar surface area (TPSA) is 59.3 Å². The summed E-state index contributed by atoms with van der Waals surface area (Å²) in [4.78, 5) is 11.8. The minimum absolute atomic E-state index is 0.229. The van der Waals surface area contributed by atoms with Gasteiger partial charge in [0.2, 0.25) is 5.95 Å². The first-order valence-electron chi connectivity index (χ1n) is 5.77. The summed E-state index contributed by atoms with van der Waals surface area (Å²) in [6.45, 7) is 1.65. The molecule has 2 aromatic rings. The second-order valence-electron chi connectivity index (χ2n) is 4.09. The van der Waals surface area contributed by atoms with Crippen molar-refractivity contribution in [3.63, 3.8) is 0 Å². The Morgan fingerprint density at radius 3 is 2.80 bits per heavy atom. The number of hydrogen-bond acceptors (Lipinski definition) is 3. The van der Waals surface area contributed by atoms with Crippen molar-refractivity contribution in [1.29, 1.82) is 0 Å². The standard InChI is InChI=1S/C13H12ClFN4O/c1-8-10(12(15)19(2)18-8)7-16-17-13(20)9-5-3-4-6-11(9)14/h3-7H,1-2H3,(H,17,20)/b16-7+. The van der Waals surface area contributed by atoms with Crippen LogP contribution in [0.4, 0.5) is 4.39 Å². The third kappa shape index (κ3) is 2.85. The number of carbonyl (C=O) groups is 1. The largest absolute Gasteiger partial charge is 0.272 e. The number of amides is 1. The number of aryl methyl sites for hydroxylation is 2. The zero-order chi connectivity index (χ0) is 14.7. The van der Waals surface area contributed by atoms with Gasteiger partial charge in [0, 0.05) is 7.05 Å². The molecule has 104 valence electrons. The highest BCUT2D eigenvalue weighted by Gasteiger charge is 2.11. The van der Waals surface area contributed by atoms with Crippen LogP contribution in [0.3, 0.4) is 0 Å². The molecule has 20 heavy (non-hydrogen) atoms. The molecule has 1 N–H and O–H groups in total. The Morgan fingerprint density at radius 1 is 1.50 bits per heavy atom. The van der Waals surface area contributed by atoms with Crippen LogP contribution >= 0.6 is 11.6 Å². The van der Waals surface area contributed by atoms with Gasteiger partial charge in [0.1, 0.15) is 0 Å². The lowest BCUT2D eigenvalue weighted by molar-refractivity contribution is 0.0955. The van der Waals surface area contributed by atoms with E-state index >= 15 is 0 Å². The predicted molar refractivity (Wildman–Crippen MR) is 74.4 cm³/mol. The van der Waals surface area contributed by atoms with Gasteiger partial charge in [-0.25, -0.2) is 10.1 Å². The van der Waals surface area contributed by atoms with Crippen LogP contribution in [0.15, 0.2) is 29.4 Å². The number of halogens is 2. The van der Waals surface area contributed by atoms with Crippen LogP contribution in [-0.4, -0.2) is 21.9 Å². The Labute approximate surface area is 120 Å². The lowest BCUT2D eigenvalue weighted by Gasteiger charge is -2.01. The summed E-state index contributed by atoms with van der Waals surface area (Å²) >= 11 is 5.88. The fourth-order valence-electron chi connectivity index (χ4n) is 1.65. The van der Waals surface area contributed by atoms with Gasteiger partial charge in [-0.05, 0) is 19.1 Å². The Kier molecular flexibility index (Phi) is 4.14. The van der Waals surface area contributed by atoms with Crippen molar-refractivity contribution in [3.05, 3.63) is 52.1 Å². The second kappa shape index (κ2) is 5.83. The fraction of sp³-hybridized carbons (Fsp3) is 0.154. The van der Waals surface area contributed by atoms with Gasteiger partial charge < -0.3 is 0 Å². The molecule has 0 radical (unpaired) electrons. The van der Waals surface area contributed by atoms with Gasteiger partial charge >= 0.3 is 0 Å². The summed E-state index contributed by atoms with van der Waals surface area (Å²) < 4.78 is 14.7. The number of nitrogens with zero attached hydrogens (tertiary/aromatic N) is 3. The van der Waals surface area contributed by atoms with Gasteiger partial charge in [0.15, 0.2) is 0 Å². The molecule has 1 aromatic heterocycles. The smallest absolute Gasteiger partial charge is 0.267 e. The highest BCUT2D eigenvalue weighted by Crippen LogP contribution is 2.14. The molecule has 7 heteroatoms. The molecular formula is C13H12ClFN4O. The minimum atomic E-state index is -0.516. The maximum Gasteiger partial charge on any atom is 0.272 e. The third-order valence-electron chi connectivity index (χ3n) is 2.67. The molecule has 0 spiro atoms. The second-order valence-corrected chi connectivity index (χ2v) is 4.50. The zero-order valence-corrected chi connectivity index (χ0v) is 11.6. The molecular weight excluding hydrogens is 283 g/mol. The average Bonchev–Trinajstić information content (AvgIpc) is 2.65. The highest BCUT2D eigenvalue weighted by molar-refractivity contribution is 6.33.